The fourth-order valence-corrected chi connectivity index (χ4v) is 13.3. The van der Waals surface area contributed by atoms with Crippen molar-refractivity contribution in [3.05, 3.63) is 11.6 Å². The summed E-state index contributed by atoms with van der Waals surface area (Å²) in [5.41, 5.74) is 14.2. The van der Waals surface area contributed by atoms with Crippen LogP contribution in [0.4, 0.5) is 0 Å². The number of nitrogens with one attached hydrogen (secondary N) is 1. The third kappa shape index (κ3) is 12.9. The van der Waals surface area contributed by atoms with Gasteiger partial charge in [0.2, 0.25) is 5.91 Å². The van der Waals surface area contributed by atoms with Crippen LogP contribution in [-0.4, -0.2) is 61.1 Å². The lowest BCUT2D eigenvalue weighted by molar-refractivity contribution is -0.130. The van der Waals surface area contributed by atoms with Gasteiger partial charge in [-0.25, -0.2) is 0 Å². The highest BCUT2D eigenvalue weighted by Gasteiger charge is 2.59. The van der Waals surface area contributed by atoms with Crippen LogP contribution in [0.15, 0.2) is 11.6 Å². The van der Waals surface area contributed by atoms with Gasteiger partial charge in [0.25, 0.3) is 0 Å². The van der Waals surface area contributed by atoms with E-state index in [0.717, 1.165) is 99.7 Å². The number of carbonyl (C=O) groups is 1. The zero-order valence-electron chi connectivity index (χ0n) is 32.4. The second-order valence-corrected chi connectivity index (χ2v) is 19.7. The normalized spacial score (nSPS) is 30.5. The van der Waals surface area contributed by atoms with Crippen LogP contribution in [0, 0.1) is 46.3 Å². The zero-order valence-corrected chi connectivity index (χ0v) is 36.5. The fourth-order valence-electron chi connectivity index (χ4n) is 10.7. The molecule has 1 amide bonds. The molecule has 8 atom stereocenters. The molecule has 0 aromatic carbocycles. The minimum Gasteiger partial charge on any atom is -0.343 e. The van der Waals surface area contributed by atoms with Gasteiger partial charge in [-0.2, -0.15) is 0 Å². The van der Waals surface area contributed by atoms with Crippen LogP contribution in [0.3, 0.4) is 0 Å². The van der Waals surface area contributed by atoms with E-state index in [2.05, 4.69) is 61.7 Å². The Bertz CT molecular complexity index is 992. The fraction of sp³-hybridized carbons (Fsp3) is 0.925. The first-order valence-corrected chi connectivity index (χ1v) is 22.4. The van der Waals surface area contributed by atoms with Crippen molar-refractivity contribution in [1.29, 1.82) is 0 Å². The van der Waals surface area contributed by atoms with Crippen molar-refractivity contribution in [2.75, 3.05) is 45.0 Å². The van der Waals surface area contributed by atoms with Crippen LogP contribution in [0.2, 0.25) is 0 Å². The first kappa shape index (κ1) is 48.7. The maximum absolute atomic E-state index is 13.1. The Hall–Kier alpha value is 0.660. The van der Waals surface area contributed by atoms with Crippen LogP contribution >= 0.6 is 58.8 Å². The number of allylic oxidation sites excluding steroid dienone is 2. The summed E-state index contributed by atoms with van der Waals surface area (Å²) in [4.78, 5) is 15.2. The van der Waals surface area contributed by atoms with Crippen molar-refractivity contribution >= 4 is 64.7 Å². The highest BCUT2D eigenvalue weighted by atomic mass is 35.5. The topological polar surface area (TPSA) is 84.4 Å². The average Bonchev–Trinajstić information content (AvgIpc) is 3.41. The maximum Gasteiger partial charge on any atom is 0.223 e. The molecule has 0 radical (unpaired) electrons. The van der Waals surface area contributed by atoms with E-state index in [4.69, 9.17) is 11.5 Å². The average molecular weight is 801 g/mol. The summed E-state index contributed by atoms with van der Waals surface area (Å²) in [6, 6.07) is 0. The molecule has 5 nitrogen and oxygen atoms in total. The number of nitrogens with zero attached hydrogens (tertiary/aromatic N) is 1. The first-order chi connectivity index (χ1) is 22.6. The molecule has 10 heteroatoms. The van der Waals surface area contributed by atoms with Gasteiger partial charge in [0.15, 0.2) is 0 Å². The lowest BCUT2D eigenvalue weighted by Gasteiger charge is -2.58. The summed E-state index contributed by atoms with van der Waals surface area (Å²) in [5.74, 6) is 6.64. The third-order valence-corrected chi connectivity index (χ3v) is 16.3. The number of halogens is 3. The predicted molar refractivity (Wildman–Crippen MR) is 229 cm³/mol. The predicted octanol–water partition coefficient (Wildman–Crippen LogP) is 10.3. The molecule has 0 unspecified atom stereocenters. The van der Waals surface area contributed by atoms with Crippen molar-refractivity contribution in [3.8, 4) is 0 Å². The maximum atomic E-state index is 13.1. The summed E-state index contributed by atoms with van der Waals surface area (Å²) in [6.07, 6.45) is 22.9. The van der Waals surface area contributed by atoms with E-state index >= 15 is 0 Å². The number of unbranched alkanes of at least 4 members (excludes halogenated alkanes) is 1. The van der Waals surface area contributed by atoms with Gasteiger partial charge in [-0.15, -0.1) is 37.2 Å². The SMILES string of the molecule is CC(C)CCC[C@@H](C)[C@H]1CC[C@H]2[C@@H]3CC=C4C[C@@H](SSCCC(=O)N(CCCN)CCCCNCCCN)CC[C@]4(C)[C@H]3CC[C@]12C.Cl.Cl.Cl. The molecule has 3 fully saturated rings. The number of carbonyl (C=O) groups excluding carboxylic acids is 1. The van der Waals surface area contributed by atoms with Gasteiger partial charge in [0.1, 0.15) is 0 Å². The largest absolute Gasteiger partial charge is 0.343 e. The molecule has 5 N–H and O–H groups in total. The summed E-state index contributed by atoms with van der Waals surface area (Å²) in [5, 5.41) is 4.15. The van der Waals surface area contributed by atoms with Crippen molar-refractivity contribution in [3.63, 3.8) is 0 Å². The Morgan fingerprint density at radius 1 is 0.900 bits per heavy atom. The highest BCUT2D eigenvalue weighted by molar-refractivity contribution is 8.76. The van der Waals surface area contributed by atoms with Crippen LogP contribution in [0.25, 0.3) is 0 Å². The van der Waals surface area contributed by atoms with E-state index < -0.39 is 0 Å². The van der Waals surface area contributed by atoms with Gasteiger partial charge in [0.05, 0.1) is 0 Å². The molecule has 4 aliphatic carbocycles. The molecule has 4 aliphatic rings. The van der Waals surface area contributed by atoms with Crippen molar-refractivity contribution < 1.29 is 4.79 Å². The van der Waals surface area contributed by atoms with E-state index in [1.54, 1.807) is 5.57 Å². The molecule has 0 bridgehead atoms. The second kappa shape index (κ2) is 24.2. The molecule has 0 aromatic heterocycles. The smallest absolute Gasteiger partial charge is 0.223 e. The molecule has 0 spiro atoms. The van der Waals surface area contributed by atoms with Gasteiger partial charge in [-0.1, -0.05) is 87.1 Å². The molecule has 50 heavy (non-hydrogen) atoms. The lowest BCUT2D eigenvalue weighted by Crippen LogP contribution is -2.50. The number of nitrogens with two attached hydrogens (primary N) is 2. The summed E-state index contributed by atoms with van der Waals surface area (Å²) in [7, 11) is 4.03. The molecule has 0 aromatic rings. The van der Waals surface area contributed by atoms with Gasteiger partial charge in [-0.3, -0.25) is 4.79 Å². The van der Waals surface area contributed by atoms with Gasteiger partial charge < -0.3 is 21.7 Å². The molecular formula is C40H77Cl3N4OS2. The van der Waals surface area contributed by atoms with Crippen LogP contribution in [0.1, 0.15) is 137 Å². The van der Waals surface area contributed by atoms with Gasteiger partial charge in [-0.05, 0) is 150 Å². The van der Waals surface area contributed by atoms with Crippen LogP contribution < -0.4 is 16.8 Å². The number of hydrogen-bond donors (Lipinski definition) is 3. The third-order valence-electron chi connectivity index (χ3n) is 13.4. The molecule has 0 aliphatic heterocycles. The second-order valence-electron chi connectivity index (χ2n) is 16.9. The van der Waals surface area contributed by atoms with Gasteiger partial charge >= 0.3 is 0 Å². The molecule has 0 saturated heterocycles. The van der Waals surface area contributed by atoms with E-state index in [1.165, 1.54) is 70.6 Å². The summed E-state index contributed by atoms with van der Waals surface area (Å²) < 4.78 is 0. The minimum absolute atomic E-state index is 0. The number of fused-ring (bicyclic) bond motifs is 5. The molecular weight excluding hydrogens is 723 g/mol. The quantitative estimate of drug-likeness (QED) is 0.0609. The monoisotopic (exact) mass is 798 g/mol. The standard InChI is InChI=1S/C40H74N4OS2.3ClH/c1-30(2)11-8-12-31(3)35-15-16-36-34-14-13-32-29-33(17-20-39(32,4)37(34)18-21-40(35,36)5)47-46-28-19-38(45)44(27-10-23-42)26-7-6-24-43-25-9-22-41;;;/h13,30-31,33-37,43H,6-12,14-29,41-42H2,1-5H3;3*1H/t31-,33+,34+,35-,36+,37+,39+,40-;;;/m1.../s1. The number of hydrogen-bond acceptors (Lipinski definition) is 6. The Morgan fingerprint density at radius 3 is 2.34 bits per heavy atom. The number of amides is 1. The molecule has 4 rings (SSSR count). The summed E-state index contributed by atoms with van der Waals surface area (Å²) in [6.45, 7) is 17.8. The Morgan fingerprint density at radius 2 is 1.62 bits per heavy atom. The molecule has 0 heterocycles. The minimum atomic E-state index is 0. The van der Waals surface area contributed by atoms with E-state index in [0.29, 0.717) is 35.0 Å². The van der Waals surface area contributed by atoms with Crippen molar-refractivity contribution in [2.45, 2.75) is 143 Å². The highest BCUT2D eigenvalue weighted by Crippen LogP contribution is 2.67. The summed E-state index contributed by atoms with van der Waals surface area (Å²) >= 11 is 0. The van der Waals surface area contributed by atoms with Crippen molar-refractivity contribution in [1.82, 2.24) is 10.2 Å². The lowest BCUT2D eigenvalue weighted by atomic mass is 9.47. The Balaban J connectivity index is 0.00000417. The van der Waals surface area contributed by atoms with Gasteiger partial charge in [0, 0.05) is 30.5 Å². The van der Waals surface area contributed by atoms with E-state index in [9.17, 15) is 4.79 Å². The molecule has 3 saturated carbocycles. The zero-order chi connectivity index (χ0) is 33.9. The van der Waals surface area contributed by atoms with Crippen LogP contribution in [0.5, 0.6) is 0 Å². The molecule has 296 valence electrons. The Labute approximate surface area is 335 Å². The Kier molecular flexibility index (Phi) is 23.6. The van der Waals surface area contributed by atoms with E-state index in [1.807, 2.05) is 10.8 Å². The number of rotatable bonds is 21. The van der Waals surface area contributed by atoms with E-state index in [-0.39, 0.29) is 37.2 Å². The van der Waals surface area contributed by atoms with Crippen molar-refractivity contribution in [2.24, 2.45) is 57.8 Å². The first-order valence-electron chi connectivity index (χ1n) is 20.0. The van der Waals surface area contributed by atoms with Crippen LogP contribution in [-0.2, 0) is 4.79 Å².